The van der Waals surface area contributed by atoms with E-state index in [1.807, 2.05) is 0 Å². The van der Waals surface area contributed by atoms with E-state index in [-0.39, 0.29) is 9.50 Å². The van der Waals surface area contributed by atoms with Crippen molar-refractivity contribution in [3.8, 4) is 0 Å². The Morgan fingerprint density at radius 1 is 1.50 bits per heavy atom. The number of hydrogen-bond acceptors (Lipinski definition) is 3. The molecule has 88 valence electrons. The summed E-state index contributed by atoms with van der Waals surface area (Å²) in [4.78, 5) is 11.3. The summed E-state index contributed by atoms with van der Waals surface area (Å²) in [6, 6.07) is 2.03. The molecule has 0 saturated carbocycles. The monoisotopic (exact) mass is 329 g/mol. The Bertz CT molecular complexity index is 546. The normalized spacial score (nSPS) is 11.2. The van der Waals surface area contributed by atoms with E-state index in [0.717, 1.165) is 18.4 Å². The fraction of sp³-hybridized carbons (Fsp3) is 0.125. The molecule has 16 heavy (non-hydrogen) atoms. The minimum absolute atomic E-state index is 0.111. The molecule has 1 aromatic rings. The van der Waals surface area contributed by atoms with Crippen LogP contribution in [0.4, 0.5) is 4.39 Å². The minimum Gasteiger partial charge on any atom is -0.268 e. The highest BCUT2D eigenvalue weighted by atomic mass is 79.9. The number of carbonyl (C=O) groups excluding carboxylic acids is 1. The summed E-state index contributed by atoms with van der Waals surface area (Å²) < 4.78 is 36.8. The number of carbonyl (C=O) groups is 1. The van der Waals surface area contributed by atoms with Crippen LogP contribution in [0.15, 0.2) is 16.6 Å². The van der Waals surface area contributed by atoms with Crippen LogP contribution >= 0.6 is 27.5 Å². The van der Waals surface area contributed by atoms with Crippen molar-refractivity contribution in [2.24, 2.45) is 0 Å². The van der Waals surface area contributed by atoms with Gasteiger partial charge in [-0.05, 0) is 28.1 Å². The van der Waals surface area contributed by atoms with Gasteiger partial charge in [0.05, 0.1) is 16.8 Å². The predicted octanol–water partition coefficient (Wildman–Crippen LogP) is 1.93. The first kappa shape index (κ1) is 13.4. The molecule has 0 spiro atoms. The van der Waals surface area contributed by atoms with Crippen LogP contribution in [0.5, 0.6) is 0 Å². The van der Waals surface area contributed by atoms with Gasteiger partial charge in [0.25, 0.3) is 5.91 Å². The minimum atomic E-state index is -3.73. The number of amides is 1. The van der Waals surface area contributed by atoms with Crippen LogP contribution in [0.1, 0.15) is 10.4 Å². The van der Waals surface area contributed by atoms with Gasteiger partial charge in [-0.25, -0.2) is 17.5 Å². The van der Waals surface area contributed by atoms with Gasteiger partial charge < -0.3 is 0 Å². The molecule has 0 radical (unpaired) electrons. The molecule has 0 aliphatic rings. The third-order valence-electron chi connectivity index (χ3n) is 1.53. The first-order chi connectivity index (χ1) is 7.20. The highest BCUT2D eigenvalue weighted by Gasteiger charge is 2.17. The summed E-state index contributed by atoms with van der Waals surface area (Å²) >= 11 is 8.63. The molecule has 1 aromatic carbocycles. The predicted molar refractivity (Wildman–Crippen MR) is 61.4 cm³/mol. The largest absolute Gasteiger partial charge is 0.268 e. The average Bonchev–Trinajstić information content (AvgIpc) is 2.08. The fourth-order valence-electron chi connectivity index (χ4n) is 0.920. The third-order valence-corrected chi connectivity index (χ3v) is 3.29. The maximum absolute atomic E-state index is 13.3. The van der Waals surface area contributed by atoms with Gasteiger partial charge in [0, 0.05) is 4.47 Å². The van der Waals surface area contributed by atoms with Crippen LogP contribution < -0.4 is 4.72 Å². The Morgan fingerprint density at radius 2 is 2.06 bits per heavy atom. The van der Waals surface area contributed by atoms with Gasteiger partial charge in [0.2, 0.25) is 10.0 Å². The van der Waals surface area contributed by atoms with Gasteiger partial charge in [-0.2, -0.15) is 0 Å². The van der Waals surface area contributed by atoms with E-state index in [2.05, 4.69) is 15.9 Å². The lowest BCUT2D eigenvalue weighted by Gasteiger charge is -2.05. The Morgan fingerprint density at radius 3 is 2.56 bits per heavy atom. The van der Waals surface area contributed by atoms with E-state index in [1.165, 1.54) is 0 Å². The zero-order valence-corrected chi connectivity index (χ0v) is 11.1. The van der Waals surface area contributed by atoms with Crippen LogP contribution in [0.3, 0.4) is 0 Å². The lowest BCUT2D eigenvalue weighted by atomic mass is 10.2. The molecule has 0 fully saturated rings. The molecule has 0 aliphatic carbocycles. The summed E-state index contributed by atoms with van der Waals surface area (Å²) in [7, 11) is -3.73. The van der Waals surface area contributed by atoms with Crippen LogP contribution in [-0.4, -0.2) is 20.6 Å². The molecule has 0 saturated heterocycles. The molecule has 4 nitrogen and oxygen atoms in total. The summed E-state index contributed by atoms with van der Waals surface area (Å²) in [5, 5.41) is 0.111. The second kappa shape index (κ2) is 4.68. The van der Waals surface area contributed by atoms with Crippen LogP contribution in [-0.2, 0) is 10.0 Å². The maximum atomic E-state index is 13.3. The number of sulfonamides is 1. The SMILES string of the molecule is CS(=O)(=O)NC(=O)c1cc(Cl)c(Br)cc1F. The maximum Gasteiger partial charge on any atom is 0.267 e. The van der Waals surface area contributed by atoms with Crippen molar-refractivity contribution in [1.82, 2.24) is 4.72 Å². The summed E-state index contributed by atoms with van der Waals surface area (Å²) in [6.45, 7) is 0. The van der Waals surface area contributed by atoms with Crippen molar-refractivity contribution in [3.63, 3.8) is 0 Å². The van der Waals surface area contributed by atoms with Gasteiger partial charge in [0.1, 0.15) is 5.82 Å². The Balaban J connectivity index is 3.15. The van der Waals surface area contributed by atoms with Crippen LogP contribution in [0.2, 0.25) is 5.02 Å². The van der Waals surface area contributed by atoms with Crippen molar-refractivity contribution in [2.45, 2.75) is 0 Å². The second-order valence-electron chi connectivity index (χ2n) is 2.95. The smallest absolute Gasteiger partial charge is 0.267 e. The molecule has 0 aromatic heterocycles. The van der Waals surface area contributed by atoms with Gasteiger partial charge in [0.15, 0.2) is 0 Å². The van der Waals surface area contributed by atoms with E-state index in [0.29, 0.717) is 0 Å². The first-order valence-corrected chi connectivity index (χ1v) is 6.93. The van der Waals surface area contributed by atoms with E-state index >= 15 is 0 Å². The van der Waals surface area contributed by atoms with Gasteiger partial charge in [-0.3, -0.25) is 4.79 Å². The number of nitrogens with one attached hydrogen (secondary N) is 1. The third kappa shape index (κ3) is 3.43. The lowest BCUT2D eigenvalue weighted by molar-refractivity contribution is 0.0978. The van der Waals surface area contributed by atoms with Crippen molar-refractivity contribution in [2.75, 3.05) is 6.26 Å². The molecule has 1 amide bonds. The van der Waals surface area contributed by atoms with Crippen molar-refractivity contribution in [3.05, 3.63) is 33.0 Å². The molecule has 1 rings (SSSR count). The first-order valence-electron chi connectivity index (χ1n) is 3.87. The molecule has 0 atom stereocenters. The molecule has 0 heterocycles. The zero-order valence-electron chi connectivity index (χ0n) is 7.92. The number of hydrogen-bond donors (Lipinski definition) is 1. The second-order valence-corrected chi connectivity index (χ2v) is 5.96. The van der Waals surface area contributed by atoms with Crippen LogP contribution in [0, 0.1) is 5.82 Å². The Hall–Kier alpha value is -0.660. The van der Waals surface area contributed by atoms with Crippen molar-refractivity contribution in [1.29, 1.82) is 0 Å². The molecule has 0 bridgehead atoms. The van der Waals surface area contributed by atoms with E-state index in [4.69, 9.17) is 11.6 Å². The number of halogens is 3. The van der Waals surface area contributed by atoms with E-state index in [1.54, 1.807) is 4.72 Å². The average molecular weight is 331 g/mol. The lowest BCUT2D eigenvalue weighted by Crippen LogP contribution is -2.30. The Labute approximate surface area is 105 Å². The standard InChI is InChI=1S/C8H6BrClFNO3S/c1-16(14,15)12-8(13)4-2-6(10)5(9)3-7(4)11/h2-3H,1H3,(H,12,13). The molecule has 8 heteroatoms. The van der Waals surface area contributed by atoms with Crippen molar-refractivity contribution >= 4 is 43.5 Å². The fourth-order valence-corrected chi connectivity index (χ4v) is 1.85. The van der Waals surface area contributed by atoms with Gasteiger partial charge in [-0.1, -0.05) is 11.6 Å². The topological polar surface area (TPSA) is 63.2 Å². The molecule has 0 aliphatic heterocycles. The number of rotatable bonds is 2. The molecular weight excluding hydrogens is 325 g/mol. The van der Waals surface area contributed by atoms with E-state index < -0.39 is 27.3 Å². The quantitative estimate of drug-likeness (QED) is 0.843. The Kier molecular flexibility index (Phi) is 3.92. The van der Waals surface area contributed by atoms with E-state index in [9.17, 15) is 17.6 Å². The summed E-state index contributed by atoms with van der Waals surface area (Å²) in [5.74, 6) is -1.92. The summed E-state index contributed by atoms with van der Waals surface area (Å²) in [5.41, 5.74) is -0.432. The van der Waals surface area contributed by atoms with Gasteiger partial charge >= 0.3 is 0 Å². The molecule has 0 unspecified atom stereocenters. The molecular formula is C8H6BrClFNO3S. The van der Waals surface area contributed by atoms with Gasteiger partial charge in [-0.15, -0.1) is 0 Å². The van der Waals surface area contributed by atoms with Crippen LogP contribution in [0.25, 0.3) is 0 Å². The van der Waals surface area contributed by atoms with Crippen molar-refractivity contribution < 1.29 is 17.6 Å². The zero-order chi connectivity index (χ0) is 12.5. The highest BCUT2D eigenvalue weighted by molar-refractivity contribution is 9.10. The summed E-state index contributed by atoms with van der Waals surface area (Å²) in [6.07, 6.45) is 0.795. The highest BCUT2D eigenvalue weighted by Crippen LogP contribution is 2.25. The number of benzene rings is 1. The molecule has 1 N–H and O–H groups in total.